The zero-order chi connectivity index (χ0) is 49.9. The highest BCUT2D eigenvalue weighted by atomic mass is 19.1. The molecule has 0 spiro atoms. The quantitative estimate of drug-likeness (QED) is 0.0852. The Morgan fingerprint density at radius 1 is 0.682 bits per heavy atom. The van der Waals surface area contributed by atoms with Crippen LogP contribution in [0.1, 0.15) is 125 Å². The number of nitrogens with zero attached hydrogens (tertiary/aromatic N) is 5. The standard InChI is InChI=1S/C17H16FN3O.C10H14O3.C8H12O2.C7H3F2N.C7H6FN3/c1-10-16-14(7-17(2,3)8-15(16)22)21(20-10)12-5-4-11(9-19)13(18)6-12;1-6(11)9-7(12)4-10(2,3)5-8(9)13;1-8(2)4-6(9)3-7(10)5-8;8-6-2-1-5(4-10)7(9)3-6;8-7-3-6(11-10)2-1-5(7)4-9/h4-6H,7-8H2,1-3H3;9H,4-5H2,1-3H3;3-5H2,1-2H3;1-3H;1-3,11H,10H2. The number of hydrazine groups is 1. The number of nitrogen functional groups attached to an aromatic ring is 1. The van der Waals surface area contributed by atoms with E-state index in [-0.39, 0.29) is 74.1 Å². The van der Waals surface area contributed by atoms with Gasteiger partial charge in [0, 0.05) is 44.2 Å². The number of halogens is 4. The number of hydrogen-bond acceptors (Lipinski definition) is 12. The van der Waals surface area contributed by atoms with Crippen molar-refractivity contribution in [2.75, 3.05) is 5.43 Å². The highest BCUT2D eigenvalue weighted by molar-refractivity contribution is 6.20. The fourth-order valence-corrected chi connectivity index (χ4v) is 7.67. The first-order chi connectivity index (χ1) is 30.7. The lowest BCUT2D eigenvalue weighted by atomic mass is 9.70. The number of aromatic nitrogens is 2. The van der Waals surface area contributed by atoms with E-state index in [4.69, 9.17) is 21.6 Å². The first-order valence-electron chi connectivity index (χ1n) is 20.6. The van der Waals surface area contributed by atoms with E-state index in [1.807, 2.05) is 41.5 Å². The third-order valence-electron chi connectivity index (χ3n) is 10.4. The van der Waals surface area contributed by atoms with Crippen LogP contribution in [-0.2, 0) is 30.4 Å². The second-order valence-corrected chi connectivity index (χ2v) is 18.5. The lowest BCUT2D eigenvalue weighted by Crippen LogP contribution is -2.40. The van der Waals surface area contributed by atoms with Crippen LogP contribution in [-0.4, -0.2) is 44.5 Å². The summed E-state index contributed by atoms with van der Waals surface area (Å²) in [5, 5.41) is 29.8. The van der Waals surface area contributed by atoms with Crippen LogP contribution in [0.5, 0.6) is 0 Å². The number of rotatable bonds is 3. The van der Waals surface area contributed by atoms with E-state index >= 15 is 0 Å². The van der Waals surface area contributed by atoms with Crippen LogP contribution in [0.3, 0.4) is 0 Å². The van der Waals surface area contributed by atoms with Crippen molar-refractivity contribution in [2.24, 2.45) is 28.0 Å². The molecule has 346 valence electrons. The highest BCUT2D eigenvalue weighted by Crippen LogP contribution is 2.37. The summed E-state index contributed by atoms with van der Waals surface area (Å²) in [6, 6.07) is 16.3. The molecule has 3 aromatic carbocycles. The van der Waals surface area contributed by atoms with E-state index in [1.54, 1.807) is 35.9 Å². The number of ketones is 6. The Balaban J connectivity index is 0.000000229. The molecule has 13 nitrogen and oxygen atoms in total. The number of hydrogen-bond donors (Lipinski definition) is 2. The van der Waals surface area contributed by atoms with Crippen LogP contribution in [0.25, 0.3) is 5.69 Å². The van der Waals surface area contributed by atoms with Gasteiger partial charge in [-0.1, -0.05) is 41.5 Å². The summed E-state index contributed by atoms with van der Waals surface area (Å²) >= 11 is 0. The average molecular weight is 910 g/mol. The maximum absolute atomic E-state index is 13.9. The number of benzene rings is 3. The number of carbonyl (C=O) groups is 6. The van der Waals surface area contributed by atoms with Gasteiger partial charge < -0.3 is 5.43 Å². The molecule has 4 aromatic rings. The lowest BCUT2D eigenvalue weighted by Gasteiger charge is -2.30. The monoisotopic (exact) mass is 909 g/mol. The van der Waals surface area contributed by atoms with Gasteiger partial charge in [-0.2, -0.15) is 20.9 Å². The molecule has 1 heterocycles. The zero-order valence-corrected chi connectivity index (χ0v) is 38.0. The summed E-state index contributed by atoms with van der Waals surface area (Å²) in [6.45, 7) is 14.9. The number of Topliss-reactive ketones (excluding diaryl/α,β-unsaturated/α-hetero) is 6. The summed E-state index contributed by atoms with van der Waals surface area (Å²) < 4.78 is 52.7. The molecule has 0 atom stereocenters. The van der Waals surface area contributed by atoms with Gasteiger partial charge in [-0.05, 0) is 79.0 Å². The molecule has 0 aliphatic heterocycles. The molecular weight excluding hydrogens is 859 g/mol. The number of fused-ring (bicyclic) bond motifs is 1. The lowest BCUT2D eigenvalue weighted by molar-refractivity contribution is -0.144. The maximum Gasteiger partial charge on any atom is 0.167 e. The third kappa shape index (κ3) is 14.7. The van der Waals surface area contributed by atoms with Crippen molar-refractivity contribution >= 4 is 40.4 Å². The predicted molar refractivity (Wildman–Crippen MR) is 234 cm³/mol. The molecule has 0 radical (unpaired) electrons. The Bertz CT molecular complexity index is 2650. The zero-order valence-electron chi connectivity index (χ0n) is 38.0. The summed E-state index contributed by atoms with van der Waals surface area (Å²) in [6.07, 6.45) is 3.18. The van der Waals surface area contributed by atoms with E-state index in [1.165, 1.54) is 37.3 Å². The fourth-order valence-electron chi connectivity index (χ4n) is 7.67. The topological polar surface area (TPSA) is 230 Å². The number of anilines is 1. The van der Waals surface area contributed by atoms with Crippen LogP contribution in [0, 0.1) is 86.3 Å². The molecule has 17 heteroatoms. The molecule has 0 saturated heterocycles. The number of nitriles is 3. The maximum atomic E-state index is 13.9. The first kappa shape index (κ1) is 53.2. The summed E-state index contributed by atoms with van der Waals surface area (Å²) in [5.41, 5.74) is 4.79. The van der Waals surface area contributed by atoms with Gasteiger partial charge in [0.2, 0.25) is 0 Å². The second-order valence-electron chi connectivity index (χ2n) is 18.5. The van der Waals surface area contributed by atoms with Gasteiger partial charge in [0.25, 0.3) is 0 Å². The molecule has 2 saturated carbocycles. The van der Waals surface area contributed by atoms with E-state index in [2.05, 4.69) is 10.5 Å². The Labute approximate surface area is 380 Å². The Morgan fingerprint density at radius 2 is 1.14 bits per heavy atom. The number of nitrogens with one attached hydrogen (secondary N) is 1. The highest BCUT2D eigenvalue weighted by Gasteiger charge is 2.42. The SMILES string of the molecule is CC(=O)C1C(=O)CC(C)(C)CC1=O.CC1(C)CC(=O)CC(=O)C1.Cc1nn(-c2ccc(C#N)c(F)c2)c2c1C(=O)CC(C)(C)C2.N#Cc1ccc(F)cc1F.N#Cc1ccc(NN)cc1F. The minimum absolute atomic E-state index is 0.00194. The van der Waals surface area contributed by atoms with Crippen LogP contribution in [0.15, 0.2) is 54.6 Å². The first-order valence-corrected chi connectivity index (χ1v) is 20.6. The van der Waals surface area contributed by atoms with Crippen molar-refractivity contribution < 1.29 is 46.3 Å². The fraction of sp³-hybridized carbons (Fsp3) is 0.388. The third-order valence-corrected chi connectivity index (χ3v) is 10.4. The van der Waals surface area contributed by atoms with Crippen LogP contribution in [0.4, 0.5) is 23.2 Å². The van der Waals surface area contributed by atoms with E-state index < -0.39 is 29.2 Å². The van der Waals surface area contributed by atoms with Gasteiger partial charge in [0.1, 0.15) is 64.7 Å². The van der Waals surface area contributed by atoms with Crippen molar-refractivity contribution in [2.45, 2.75) is 100 Å². The molecule has 0 amide bonds. The van der Waals surface area contributed by atoms with Crippen molar-refractivity contribution in [1.29, 1.82) is 15.8 Å². The molecule has 1 aromatic heterocycles. The van der Waals surface area contributed by atoms with Gasteiger partial charge in [-0.15, -0.1) is 0 Å². The van der Waals surface area contributed by atoms with Crippen LogP contribution in [0.2, 0.25) is 0 Å². The van der Waals surface area contributed by atoms with Gasteiger partial charge >= 0.3 is 0 Å². The van der Waals surface area contributed by atoms with E-state index in [0.29, 0.717) is 67.2 Å². The van der Waals surface area contributed by atoms with Crippen molar-refractivity contribution in [3.63, 3.8) is 0 Å². The molecule has 0 unspecified atom stereocenters. The van der Waals surface area contributed by atoms with E-state index in [9.17, 15) is 46.3 Å². The molecule has 3 N–H and O–H groups in total. The largest absolute Gasteiger partial charge is 0.324 e. The summed E-state index contributed by atoms with van der Waals surface area (Å²) in [7, 11) is 0. The second kappa shape index (κ2) is 22.2. The normalized spacial score (nSPS) is 16.6. The molecule has 0 bridgehead atoms. The Kier molecular flexibility index (Phi) is 17.9. The van der Waals surface area contributed by atoms with Gasteiger partial charge in [-0.25, -0.2) is 22.2 Å². The van der Waals surface area contributed by atoms with Crippen molar-refractivity contribution in [1.82, 2.24) is 9.78 Å². The molecule has 2 fully saturated rings. The van der Waals surface area contributed by atoms with Crippen LogP contribution >= 0.6 is 0 Å². The minimum Gasteiger partial charge on any atom is -0.324 e. The predicted octanol–water partition coefficient (Wildman–Crippen LogP) is 8.65. The summed E-state index contributed by atoms with van der Waals surface area (Å²) in [4.78, 5) is 67.9. The van der Waals surface area contributed by atoms with E-state index in [0.717, 1.165) is 17.8 Å². The average Bonchev–Trinajstić information content (AvgIpc) is 3.51. The molecular formula is C49H51F4N7O6. The Hall–Kier alpha value is -7.16. The summed E-state index contributed by atoms with van der Waals surface area (Å²) in [5.74, 6) is 0.953. The molecule has 66 heavy (non-hydrogen) atoms. The molecule has 3 aliphatic carbocycles. The van der Waals surface area contributed by atoms with Crippen molar-refractivity contribution in [3.05, 3.63) is 112 Å². The molecule has 7 rings (SSSR count). The number of aryl methyl sites for hydroxylation is 1. The minimum atomic E-state index is -0.965. The van der Waals surface area contributed by atoms with Gasteiger partial charge in [0.15, 0.2) is 17.3 Å². The molecule has 3 aliphatic rings. The number of carbonyl (C=O) groups excluding carboxylic acids is 6. The van der Waals surface area contributed by atoms with Crippen LogP contribution < -0.4 is 11.3 Å². The smallest absolute Gasteiger partial charge is 0.167 e. The number of nitrogens with two attached hydrogens (primary N) is 1. The van der Waals surface area contributed by atoms with Crippen molar-refractivity contribution in [3.8, 4) is 23.9 Å². The Morgan fingerprint density at radius 3 is 1.58 bits per heavy atom. The van der Waals surface area contributed by atoms with Gasteiger partial charge in [0.05, 0.1) is 51.4 Å². The van der Waals surface area contributed by atoms with Gasteiger partial charge in [-0.3, -0.25) is 34.6 Å².